The van der Waals surface area contributed by atoms with Gasteiger partial charge in [0.15, 0.2) is 0 Å². The van der Waals surface area contributed by atoms with Crippen molar-refractivity contribution in [2.75, 3.05) is 72.5 Å². The molecule has 0 aliphatic heterocycles. The third-order valence-corrected chi connectivity index (χ3v) is 12.7. The van der Waals surface area contributed by atoms with Crippen molar-refractivity contribution >= 4 is 65.0 Å². The van der Waals surface area contributed by atoms with E-state index in [-0.39, 0.29) is 136 Å². The van der Waals surface area contributed by atoms with Crippen LogP contribution >= 0.6 is 0 Å². The summed E-state index contributed by atoms with van der Waals surface area (Å²) in [4.78, 5) is 131. The predicted octanol–water partition coefficient (Wildman–Crippen LogP) is 4.51. The van der Waals surface area contributed by atoms with Crippen LogP contribution in [0, 0.1) is 11.8 Å². The molecule has 0 rings (SSSR count). The second kappa shape index (κ2) is 48.5. The van der Waals surface area contributed by atoms with Gasteiger partial charge in [0.2, 0.25) is 29.5 Å². The number of nitrogens with one attached hydrogen (secondary N) is 5. The molecule has 78 heavy (non-hydrogen) atoms. The van der Waals surface area contributed by atoms with Crippen LogP contribution in [0.4, 0.5) is 0 Å². The first kappa shape index (κ1) is 72.4. The highest BCUT2D eigenvalue weighted by atomic mass is 16.5. The number of Topliss-reactive ketones (excluding diaryl/α,β-unsaturated/α-hetero) is 2. The monoisotopic (exact) mass is 1120 g/mol. The molecule has 24 nitrogen and oxygen atoms in total. The van der Waals surface area contributed by atoms with Crippen molar-refractivity contribution in [1.82, 2.24) is 26.6 Å². The van der Waals surface area contributed by atoms with Gasteiger partial charge < -0.3 is 66.0 Å². The number of hydrogen-bond acceptors (Lipinski definition) is 15. The third-order valence-electron chi connectivity index (χ3n) is 12.7. The summed E-state index contributed by atoms with van der Waals surface area (Å²) >= 11 is 0. The molecule has 4 atom stereocenters. The van der Waals surface area contributed by atoms with Gasteiger partial charge in [0, 0.05) is 65.5 Å². The normalized spacial score (nSPS) is 12.6. The topological polar surface area (TPSA) is 366 Å². The minimum absolute atomic E-state index is 0. The van der Waals surface area contributed by atoms with Crippen molar-refractivity contribution in [2.45, 2.75) is 193 Å². The Morgan fingerprint density at radius 2 is 0.821 bits per heavy atom. The number of aliphatic carboxylic acids is 4. The molecule has 0 fully saturated rings. The highest BCUT2D eigenvalue weighted by Crippen LogP contribution is 2.17. The van der Waals surface area contributed by atoms with Crippen LogP contribution in [0.3, 0.4) is 0 Å². The largest absolute Gasteiger partial charge is 0.481 e. The number of carbonyl (C=O) groups excluding carboxylic acids is 7. The standard InChI is InChI=1S/C54H93N5O19.H2/c1-40(41(2)60)19-17-18-28-55-46(62)26-22-42(52(69)70)37-43(61)23-24-44(53(71)72)59-50(66)39-78-36-34-76-32-30-57-49(65)38-77-35-33-75-31-29-56-47(63)27-25-45(54(73)74)58-48(64)20-15-13-11-9-7-5-3-4-6-8-10-12-14-16-21-51(67)68;/h40,42,44-45H,3-39H2,1-2H3,(H,55,62)(H,56,63)(H,57,65)(H,58,64)(H,59,66)(H,67,68)(H,69,70)(H,71,72)(H,73,74);1H/t40-,42+,44-,45-;/m0./s1. The first-order valence-corrected chi connectivity index (χ1v) is 27.9. The molecule has 0 saturated carbocycles. The third kappa shape index (κ3) is 45.4. The van der Waals surface area contributed by atoms with Gasteiger partial charge >= 0.3 is 23.9 Å². The van der Waals surface area contributed by atoms with Gasteiger partial charge in [-0.3, -0.25) is 43.2 Å². The number of amides is 5. The van der Waals surface area contributed by atoms with Crippen molar-refractivity contribution in [2.24, 2.45) is 11.8 Å². The van der Waals surface area contributed by atoms with E-state index in [9.17, 15) is 68.1 Å². The minimum atomic E-state index is -1.43. The molecule has 450 valence electrons. The van der Waals surface area contributed by atoms with Gasteiger partial charge in [-0.05, 0) is 51.9 Å². The van der Waals surface area contributed by atoms with Gasteiger partial charge in [0.05, 0.1) is 45.6 Å². The van der Waals surface area contributed by atoms with E-state index in [0.29, 0.717) is 25.8 Å². The summed E-state index contributed by atoms with van der Waals surface area (Å²) in [6.45, 7) is 3.82. The van der Waals surface area contributed by atoms with Crippen molar-refractivity contribution < 1.29 is 93.5 Å². The fourth-order valence-corrected chi connectivity index (χ4v) is 7.81. The molecule has 24 heteroatoms. The molecule has 0 unspecified atom stereocenters. The number of hydrogen-bond donors (Lipinski definition) is 9. The number of carboxylic acids is 4. The van der Waals surface area contributed by atoms with Crippen LogP contribution in [-0.2, 0) is 71.7 Å². The van der Waals surface area contributed by atoms with E-state index in [1.807, 2.05) is 6.92 Å². The first-order chi connectivity index (χ1) is 37.3. The summed E-state index contributed by atoms with van der Waals surface area (Å²) in [5, 5.41) is 50.0. The summed E-state index contributed by atoms with van der Waals surface area (Å²) < 4.78 is 21.2. The lowest BCUT2D eigenvalue weighted by atomic mass is 9.94. The smallest absolute Gasteiger partial charge is 0.326 e. The van der Waals surface area contributed by atoms with E-state index in [2.05, 4.69) is 26.6 Å². The number of ketones is 2. The van der Waals surface area contributed by atoms with Crippen molar-refractivity contribution in [3.8, 4) is 0 Å². The fraction of sp³-hybridized carbons (Fsp3) is 0.796. The van der Waals surface area contributed by atoms with Crippen molar-refractivity contribution in [3.63, 3.8) is 0 Å². The maximum Gasteiger partial charge on any atom is 0.326 e. The lowest BCUT2D eigenvalue weighted by molar-refractivity contribution is -0.145. The predicted molar refractivity (Wildman–Crippen MR) is 287 cm³/mol. The fourth-order valence-electron chi connectivity index (χ4n) is 7.81. The number of ether oxygens (including phenoxy) is 4. The molecule has 0 saturated heterocycles. The van der Waals surface area contributed by atoms with Crippen LogP contribution in [-0.4, -0.2) is 170 Å². The Labute approximate surface area is 461 Å². The average Bonchev–Trinajstić information content (AvgIpc) is 3.38. The molecule has 9 N–H and O–H groups in total. The Morgan fingerprint density at radius 3 is 1.31 bits per heavy atom. The molecule has 0 spiro atoms. The highest BCUT2D eigenvalue weighted by Gasteiger charge is 2.26. The zero-order valence-corrected chi connectivity index (χ0v) is 46.4. The Bertz CT molecular complexity index is 1780. The van der Waals surface area contributed by atoms with Crippen LogP contribution in [0.1, 0.15) is 182 Å². The van der Waals surface area contributed by atoms with Crippen LogP contribution in [0.15, 0.2) is 0 Å². The molecule has 5 amide bonds. The maximum atomic E-state index is 12.6. The van der Waals surface area contributed by atoms with Crippen LogP contribution < -0.4 is 26.6 Å². The summed E-state index contributed by atoms with van der Waals surface area (Å²) in [7, 11) is 0. The molecule has 0 bridgehead atoms. The zero-order chi connectivity index (χ0) is 58.2. The molecule has 0 heterocycles. The van der Waals surface area contributed by atoms with Gasteiger partial charge in [-0.25, -0.2) is 9.59 Å². The van der Waals surface area contributed by atoms with E-state index < -0.39 is 78.4 Å². The molecule has 0 aromatic carbocycles. The maximum absolute atomic E-state index is 12.6. The molecular weight excluding hydrogens is 1020 g/mol. The van der Waals surface area contributed by atoms with Gasteiger partial charge in [-0.1, -0.05) is 90.4 Å². The summed E-state index contributed by atoms with van der Waals surface area (Å²) in [6, 6.07) is -2.61. The molecule has 0 aliphatic carbocycles. The molecular formula is C54H95N5O19. The van der Waals surface area contributed by atoms with E-state index in [1.165, 1.54) is 39.0 Å². The quantitative estimate of drug-likeness (QED) is 0.0378. The second-order valence-electron chi connectivity index (χ2n) is 19.5. The van der Waals surface area contributed by atoms with Crippen molar-refractivity contribution in [1.29, 1.82) is 0 Å². The van der Waals surface area contributed by atoms with Gasteiger partial charge in [0.1, 0.15) is 36.9 Å². The number of rotatable bonds is 55. The van der Waals surface area contributed by atoms with E-state index in [1.54, 1.807) is 0 Å². The summed E-state index contributed by atoms with van der Waals surface area (Å²) in [5.41, 5.74) is 0. The molecule has 0 aliphatic rings. The number of carboxylic acid groups (broad SMARTS) is 4. The van der Waals surface area contributed by atoms with Crippen LogP contribution in [0.2, 0.25) is 0 Å². The molecule has 0 radical (unpaired) electrons. The van der Waals surface area contributed by atoms with Gasteiger partial charge in [-0.15, -0.1) is 0 Å². The van der Waals surface area contributed by atoms with Gasteiger partial charge in [-0.2, -0.15) is 0 Å². The lowest BCUT2D eigenvalue weighted by Crippen LogP contribution is -2.43. The van der Waals surface area contributed by atoms with Crippen molar-refractivity contribution in [3.05, 3.63) is 0 Å². The van der Waals surface area contributed by atoms with Gasteiger partial charge in [0.25, 0.3) is 0 Å². The Balaban J connectivity index is 0. The Hall–Kier alpha value is -5.59. The SMILES string of the molecule is CC(=O)[C@@H](C)CCCCNC(=O)CC[C@H](CC(=O)CC[C@H](NC(=O)COCCOCCNC(=O)COCCOCCNC(=O)CC[C@H](NC(=O)CCCCCCCCCCCCCCCCC(=O)O)C(=O)O)C(=O)O)C(=O)O.[HH]. The first-order valence-electron chi connectivity index (χ1n) is 27.9. The zero-order valence-electron chi connectivity index (χ0n) is 46.4. The Morgan fingerprint density at radius 1 is 0.397 bits per heavy atom. The minimum Gasteiger partial charge on any atom is -0.481 e. The van der Waals surface area contributed by atoms with E-state index in [0.717, 1.165) is 57.8 Å². The lowest BCUT2D eigenvalue weighted by Gasteiger charge is -2.15. The summed E-state index contributed by atoms with van der Waals surface area (Å²) in [5.74, 6) is -8.51. The highest BCUT2D eigenvalue weighted by molar-refractivity contribution is 5.87. The number of carbonyl (C=O) groups is 11. The second-order valence-corrected chi connectivity index (χ2v) is 19.5. The number of unbranched alkanes of at least 4 members (excludes halogenated alkanes) is 14. The van der Waals surface area contributed by atoms with E-state index >= 15 is 0 Å². The van der Waals surface area contributed by atoms with Crippen LogP contribution in [0.25, 0.3) is 0 Å². The van der Waals surface area contributed by atoms with Crippen LogP contribution in [0.5, 0.6) is 0 Å². The molecule has 0 aromatic rings. The average molecular weight is 1120 g/mol. The molecule has 0 aromatic heterocycles. The summed E-state index contributed by atoms with van der Waals surface area (Å²) in [6.07, 6.45) is 16.0. The Kier molecular flexibility index (Phi) is 45.1. The van der Waals surface area contributed by atoms with E-state index in [4.69, 9.17) is 24.1 Å².